The van der Waals surface area contributed by atoms with Crippen LogP contribution in [0.25, 0.3) is 0 Å². The highest BCUT2D eigenvalue weighted by Crippen LogP contribution is 2.44. The summed E-state index contributed by atoms with van der Waals surface area (Å²) in [5, 5.41) is 2.96. The standard InChI is InChI=1S/C30H36N2O3/c1-3-20-32(21-19-31-29(33)27-15-9-10-16-28(27)35-2)30(34)26-18-17-23(22-11-5-4-6-12-22)24-13-7-8-14-25(24)26/h5,7-16,23,26H,3-4,6,17-21H2,1-2H3,(H,31,33)/t23?,26-/m0/s1. The normalized spacial score (nSPS) is 18.9. The summed E-state index contributed by atoms with van der Waals surface area (Å²) < 4.78 is 5.30. The summed E-state index contributed by atoms with van der Waals surface area (Å²) in [6.07, 6.45) is 11.8. The van der Waals surface area contributed by atoms with E-state index in [1.807, 2.05) is 23.1 Å². The lowest BCUT2D eigenvalue weighted by Gasteiger charge is -2.35. The summed E-state index contributed by atoms with van der Waals surface area (Å²) >= 11 is 0. The topological polar surface area (TPSA) is 58.6 Å². The number of amides is 2. The number of carbonyl (C=O) groups excluding carboxylic acids is 2. The number of hydrogen-bond acceptors (Lipinski definition) is 3. The van der Waals surface area contributed by atoms with Gasteiger partial charge in [0, 0.05) is 25.6 Å². The molecule has 0 saturated heterocycles. The minimum absolute atomic E-state index is 0.132. The molecule has 0 radical (unpaired) electrons. The Hall–Kier alpha value is -3.34. The Balaban J connectivity index is 1.45. The van der Waals surface area contributed by atoms with Gasteiger partial charge in [-0.25, -0.2) is 0 Å². The third kappa shape index (κ3) is 5.67. The molecule has 5 nitrogen and oxygen atoms in total. The number of ether oxygens (including phenoxy) is 1. The van der Waals surface area contributed by atoms with Crippen molar-refractivity contribution in [2.24, 2.45) is 0 Å². The minimum atomic E-state index is -0.189. The van der Waals surface area contributed by atoms with Crippen LogP contribution in [0.3, 0.4) is 0 Å². The van der Waals surface area contributed by atoms with E-state index in [1.54, 1.807) is 19.2 Å². The fourth-order valence-corrected chi connectivity index (χ4v) is 5.34. The van der Waals surface area contributed by atoms with Crippen molar-refractivity contribution in [1.82, 2.24) is 10.2 Å². The average Bonchev–Trinajstić information content (AvgIpc) is 2.92. The molecule has 2 amide bonds. The second-order valence-electron chi connectivity index (χ2n) is 9.28. The maximum Gasteiger partial charge on any atom is 0.255 e. The summed E-state index contributed by atoms with van der Waals surface area (Å²) in [6, 6.07) is 15.6. The molecule has 1 N–H and O–H groups in total. The Kier molecular flexibility index (Phi) is 8.40. The molecular formula is C30H36N2O3. The Bertz CT molecular complexity index is 1100. The number of nitrogens with one attached hydrogen (secondary N) is 1. The van der Waals surface area contributed by atoms with E-state index < -0.39 is 0 Å². The predicted molar refractivity (Wildman–Crippen MR) is 140 cm³/mol. The fourth-order valence-electron chi connectivity index (χ4n) is 5.34. The Morgan fingerprint density at radius 1 is 1.00 bits per heavy atom. The van der Waals surface area contributed by atoms with Crippen LogP contribution in [0, 0.1) is 0 Å². The quantitative estimate of drug-likeness (QED) is 0.517. The molecule has 1 unspecified atom stereocenters. The molecule has 2 aromatic carbocycles. The van der Waals surface area contributed by atoms with Gasteiger partial charge >= 0.3 is 0 Å². The molecule has 2 aliphatic carbocycles. The zero-order valence-electron chi connectivity index (χ0n) is 20.8. The first-order chi connectivity index (χ1) is 17.1. The minimum Gasteiger partial charge on any atom is -0.496 e. The van der Waals surface area contributed by atoms with Crippen molar-refractivity contribution in [2.45, 2.75) is 50.9 Å². The number of para-hydroxylation sites is 1. The van der Waals surface area contributed by atoms with Gasteiger partial charge in [0.1, 0.15) is 5.75 Å². The molecule has 0 spiro atoms. The molecule has 2 atom stereocenters. The molecular weight excluding hydrogens is 436 g/mol. The summed E-state index contributed by atoms with van der Waals surface area (Å²) in [4.78, 5) is 28.3. The lowest BCUT2D eigenvalue weighted by Crippen LogP contribution is -2.42. The van der Waals surface area contributed by atoms with Crippen molar-refractivity contribution < 1.29 is 14.3 Å². The van der Waals surface area contributed by atoms with Crippen LogP contribution >= 0.6 is 0 Å². The van der Waals surface area contributed by atoms with Crippen molar-refractivity contribution in [3.8, 4) is 5.75 Å². The summed E-state index contributed by atoms with van der Waals surface area (Å²) in [7, 11) is 1.56. The van der Waals surface area contributed by atoms with Gasteiger partial charge in [0.25, 0.3) is 5.91 Å². The monoisotopic (exact) mass is 472 g/mol. The zero-order valence-corrected chi connectivity index (χ0v) is 20.8. The van der Waals surface area contributed by atoms with Crippen molar-refractivity contribution in [1.29, 1.82) is 0 Å². The van der Waals surface area contributed by atoms with Gasteiger partial charge < -0.3 is 15.0 Å². The number of fused-ring (bicyclic) bond motifs is 1. The molecule has 184 valence electrons. The number of nitrogens with zero attached hydrogens (tertiary/aromatic N) is 1. The molecule has 2 aliphatic rings. The lowest BCUT2D eigenvalue weighted by atomic mass is 9.72. The van der Waals surface area contributed by atoms with Gasteiger partial charge in [-0.05, 0) is 60.9 Å². The third-order valence-corrected chi connectivity index (χ3v) is 7.04. The molecule has 5 heteroatoms. The maximum absolute atomic E-state index is 13.7. The lowest BCUT2D eigenvalue weighted by molar-refractivity contribution is -0.133. The van der Waals surface area contributed by atoms with E-state index in [9.17, 15) is 9.59 Å². The first-order valence-electron chi connectivity index (χ1n) is 12.8. The van der Waals surface area contributed by atoms with Gasteiger partial charge in [0.2, 0.25) is 5.91 Å². The van der Waals surface area contributed by atoms with Gasteiger partial charge in [-0.2, -0.15) is 0 Å². The van der Waals surface area contributed by atoms with Crippen LogP contribution in [0.2, 0.25) is 0 Å². The van der Waals surface area contributed by atoms with E-state index in [0.29, 0.717) is 36.9 Å². The molecule has 35 heavy (non-hydrogen) atoms. The number of hydrogen-bond donors (Lipinski definition) is 1. The summed E-state index contributed by atoms with van der Waals surface area (Å²) in [5.74, 6) is 0.755. The summed E-state index contributed by atoms with van der Waals surface area (Å²) in [5.41, 5.74) is 4.34. The second-order valence-corrected chi connectivity index (χ2v) is 9.28. The van der Waals surface area contributed by atoms with Crippen LogP contribution in [0.4, 0.5) is 0 Å². The number of rotatable bonds is 9. The number of carbonyl (C=O) groups is 2. The van der Waals surface area contributed by atoms with Gasteiger partial charge in [0.15, 0.2) is 0 Å². The highest BCUT2D eigenvalue weighted by molar-refractivity contribution is 5.96. The van der Waals surface area contributed by atoms with E-state index >= 15 is 0 Å². The van der Waals surface area contributed by atoms with Crippen LogP contribution in [-0.2, 0) is 4.79 Å². The van der Waals surface area contributed by atoms with Crippen molar-refractivity contribution in [3.63, 3.8) is 0 Å². The summed E-state index contributed by atoms with van der Waals surface area (Å²) in [6.45, 7) is 3.65. The van der Waals surface area contributed by atoms with Crippen molar-refractivity contribution >= 4 is 11.8 Å². The van der Waals surface area contributed by atoms with Crippen LogP contribution in [0.15, 0.2) is 72.3 Å². The van der Waals surface area contributed by atoms with Crippen LogP contribution in [0.5, 0.6) is 5.75 Å². The van der Waals surface area contributed by atoms with Gasteiger partial charge in [-0.15, -0.1) is 0 Å². The molecule has 0 fully saturated rings. The largest absolute Gasteiger partial charge is 0.496 e. The van der Waals surface area contributed by atoms with E-state index in [2.05, 4.69) is 48.7 Å². The highest BCUT2D eigenvalue weighted by atomic mass is 16.5. The number of methoxy groups -OCH3 is 1. The molecule has 2 aromatic rings. The molecule has 0 heterocycles. The second kappa shape index (κ2) is 11.9. The van der Waals surface area contributed by atoms with Crippen LogP contribution in [0.1, 0.15) is 72.3 Å². The molecule has 0 aromatic heterocycles. The maximum atomic E-state index is 13.7. The van der Waals surface area contributed by atoms with E-state index in [-0.39, 0.29) is 17.7 Å². The number of benzene rings is 2. The Morgan fingerprint density at radius 2 is 1.77 bits per heavy atom. The Labute approximate surface area is 208 Å². The zero-order chi connectivity index (χ0) is 24.6. The molecule has 0 aliphatic heterocycles. The third-order valence-electron chi connectivity index (χ3n) is 7.04. The average molecular weight is 473 g/mol. The fraction of sp³-hybridized carbons (Fsp3) is 0.400. The smallest absolute Gasteiger partial charge is 0.255 e. The van der Waals surface area contributed by atoms with Crippen LogP contribution in [-0.4, -0.2) is 43.5 Å². The first-order valence-corrected chi connectivity index (χ1v) is 12.8. The highest BCUT2D eigenvalue weighted by Gasteiger charge is 2.34. The SMILES string of the molecule is CCCN(CCNC(=O)c1ccccc1OC)C(=O)[C@H]1CCC(C2=CCCC=C2)c2ccccc21. The Morgan fingerprint density at radius 3 is 2.51 bits per heavy atom. The molecule has 0 bridgehead atoms. The van der Waals surface area contributed by atoms with Gasteiger partial charge in [0.05, 0.1) is 18.6 Å². The van der Waals surface area contributed by atoms with Crippen LogP contribution < -0.4 is 10.1 Å². The van der Waals surface area contributed by atoms with Crippen molar-refractivity contribution in [3.05, 3.63) is 89.0 Å². The molecule has 0 saturated carbocycles. The first kappa shape index (κ1) is 24.8. The van der Waals surface area contributed by atoms with Gasteiger partial charge in [-0.1, -0.05) is 61.5 Å². The van der Waals surface area contributed by atoms with Crippen molar-refractivity contribution in [2.75, 3.05) is 26.7 Å². The van der Waals surface area contributed by atoms with E-state index in [0.717, 1.165) is 37.7 Å². The van der Waals surface area contributed by atoms with Gasteiger partial charge in [-0.3, -0.25) is 9.59 Å². The van der Waals surface area contributed by atoms with E-state index in [4.69, 9.17) is 4.74 Å². The predicted octanol–water partition coefficient (Wildman–Crippen LogP) is 5.60. The molecule has 4 rings (SSSR count). The number of allylic oxidation sites excluding steroid dienone is 4. The van der Waals surface area contributed by atoms with E-state index in [1.165, 1.54) is 11.1 Å².